The second kappa shape index (κ2) is 4.63. The fourth-order valence-electron chi connectivity index (χ4n) is 1.98. The molecule has 0 radical (unpaired) electrons. The van der Waals surface area contributed by atoms with Crippen molar-refractivity contribution in [2.24, 2.45) is 11.1 Å². The summed E-state index contributed by atoms with van der Waals surface area (Å²) in [5.41, 5.74) is 5.44. The van der Waals surface area contributed by atoms with Gasteiger partial charge in [-0.3, -0.25) is 4.79 Å². The Labute approximate surface area is 104 Å². The van der Waals surface area contributed by atoms with Crippen LogP contribution in [0.15, 0.2) is 18.2 Å². The van der Waals surface area contributed by atoms with E-state index in [1.807, 2.05) is 0 Å². The molecule has 2 rings (SSSR count). The van der Waals surface area contributed by atoms with Crippen LogP contribution in [0.5, 0.6) is 0 Å². The molecule has 17 heavy (non-hydrogen) atoms. The smallest absolute Gasteiger partial charge is 0.231 e. The lowest BCUT2D eigenvalue weighted by molar-refractivity contribution is -0.129. The summed E-state index contributed by atoms with van der Waals surface area (Å²) in [6.07, 6.45) is 2.56. The van der Waals surface area contributed by atoms with Crippen LogP contribution in [0, 0.1) is 11.2 Å². The topological polar surface area (TPSA) is 55.1 Å². The number of hydrogen-bond acceptors (Lipinski definition) is 2. The molecule has 0 saturated heterocycles. The first kappa shape index (κ1) is 12.3. The minimum absolute atomic E-state index is 0.168. The van der Waals surface area contributed by atoms with Crippen LogP contribution in [-0.2, 0) is 4.79 Å². The van der Waals surface area contributed by atoms with Gasteiger partial charge in [-0.2, -0.15) is 0 Å². The number of nitrogens with one attached hydrogen (secondary N) is 1. The van der Waals surface area contributed by atoms with E-state index in [4.69, 9.17) is 17.3 Å². The van der Waals surface area contributed by atoms with Gasteiger partial charge in [0.15, 0.2) is 0 Å². The van der Waals surface area contributed by atoms with Gasteiger partial charge in [-0.1, -0.05) is 18.0 Å². The molecule has 1 amide bonds. The maximum Gasteiger partial charge on any atom is 0.231 e. The fourth-order valence-corrected chi connectivity index (χ4v) is 2.14. The number of anilines is 1. The minimum atomic E-state index is -0.490. The fraction of sp³-hybridized carbons (Fsp3) is 0.417. The number of benzene rings is 1. The third-order valence-electron chi connectivity index (χ3n) is 3.36. The highest BCUT2D eigenvalue weighted by Crippen LogP contribution is 2.41. The lowest BCUT2D eigenvalue weighted by Crippen LogP contribution is -2.47. The molecule has 0 spiro atoms. The van der Waals surface area contributed by atoms with E-state index >= 15 is 0 Å². The van der Waals surface area contributed by atoms with Gasteiger partial charge in [-0.25, -0.2) is 4.39 Å². The van der Waals surface area contributed by atoms with Gasteiger partial charge in [-0.15, -0.1) is 0 Å². The highest BCUT2D eigenvalue weighted by molar-refractivity contribution is 6.33. The van der Waals surface area contributed by atoms with E-state index in [-0.39, 0.29) is 5.91 Å². The van der Waals surface area contributed by atoms with Crippen molar-refractivity contribution >= 4 is 23.2 Å². The molecule has 92 valence electrons. The molecule has 1 aromatic carbocycles. The lowest BCUT2D eigenvalue weighted by atomic mass is 9.68. The number of carbonyl (C=O) groups excluding carboxylic acids is 1. The number of nitrogens with two attached hydrogens (primary N) is 1. The van der Waals surface area contributed by atoms with Crippen molar-refractivity contribution in [2.75, 3.05) is 11.9 Å². The monoisotopic (exact) mass is 256 g/mol. The number of halogens is 2. The normalized spacial score (nSPS) is 17.4. The number of rotatable bonds is 3. The Balaban J connectivity index is 2.15. The molecule has 1 aromatic rings. The summed E-state index contributed by atoms with van der Waals surface area (Å²) in [4.78, 5) is 12.0. The molecular weight excluding hydrogens is 243 g/mol. The Kier molecular flexibility index (Phi) is 3.35. The van der Waals surface area contributed by atoms with Crippen LogP contribution < -0.4 is 11.1 Å². The van der Waals surface area contributed by atoms with Crippen LogP contribution in [0.1, 0.15) is 19.3 Å². The van der Waals surface area contributed by atoms with E-state index < -0.39 is 11.2 Å². The van der Waals surface area contributed by atoms with E-state index in [0.29, 0.717) is 17.3 Å². The zero-order valence-corrected chi connectivity index (χ0v) is 10.1. The van der Waals surface area contributed by atoms with E-state index in [2.05, 4.69) is 5.32 Å². The average molecular weight is 257 g/mol. The van der Waals surface area contributed by atoms with Crippen LogP contribution in [0.3, 0.4) is 0 Å². The molecule has 3 N–H and O–H groups in total. The van der Waals surface area contributed by atoms with E-state index in [1.54, 1.807) is 0 Å². The molecule has 1 aliphatic rings. The van der Waals surface area contributed by atoms with E-state index in [0.717, 1.165) is 19.3 Å². The second-order valence-electron chi connectivity index (χ2n) is 4.42. The molecule has 5 heteroatoms. The summed E-state index contributed by atoms with van der Waals surface area (Å²) in [7, 11) is 0. The predicted octanol–water partition coefficient (Wildman–Crippen LogP) is 2.55. The predicted molar refractivity (Wildman–Crippen MR) is 65.4 cm³/mol. The van der Waals surface area contributed by atoms with Gasteiger partial charge in [-0.05, 0) is 31.0 Å². The third-order valence-corrected chi connectivity index (χ3v) is 3.69. The SMILES string of the molecule is NCC1(C(=O)Nc2cc(F)ccc2Cl)CCC1. The molecule has 3 nitrogen and oxygen atoms in total. The van der Waals surface area contributed by atoms with Crippen molar-refractivity contribution in [1.82, 2.24) is 0 Å². The zero-order valence-electron chi connectivity index (χ0n) is 9.30. The quantitative estimate of drug-likeness (QED) is 0.873. The molecule has 0 unspecified atom stereocenters. The molecule has 1 fully saturated rings. The maximum absolute atomic E-state index is 13.0. The molecule has 0 atom stereocenters. The Hall–Kier alpha value is -1.13. The molecule has 0 heterocycles. The largest absolute Gasteiger partial charge is 0.329 e. The highest BCUT2D eigenvalue weighted by Gasteiger charge is 2.42. The van der Waals surface area contributed by atoms with E-state index in [9.17, 15) is 9.18 Å². The first-order chi connectivity index (χ1) is 8.07. The van der Waals surface area contributed by atoms with Gasteiger partial charge in [0.05, 0.1) is 16.1 Å². The molecule has 0 bridgehead atoms. The Morgan fingerprint density at radius 2 is 2.24 bits per heavy atom. The number of hydrogen-bond donors (Lipinski definition) is 2. The average Bonchev–Trinajstić information content (AvgIpc) is 2.23. The summed E-state index contributed by atoms with van der Waals surface area (Å²) in [6, 6.07) is 3.88. The van der Waals surface area contributed by atoms with Gasteiger partial charge in [0, 0.05) is 6.54 Å². The van der Waals surface area contributed by atoms with Crippen LogP contribution in [0.4, 0.5) is 10.1 Å². The molecule has 0 aromatic heterocycles. The van der Waals surface area contributed by atoms with Gasteiger partial charge >= 0.3 is 0 Å². The summed E-state index contributed by atoms with van der Waals surface area (Å²) in [5, 5.41) is 2.98. The van der Waals surface area contributed by atoms with Gasteiger partial charge in [0.25, 0.3) is 0 Å². The Bertz CT molecular complexity index is 441. The van der Waals surface area contributed by atoms with Crippen molar-refractivity contribution in [3.63, 3.8) is 0 Å². The lowest BCUT2D eigenvalue weighted by Gasteiger charge is -2.39. The molecule has 1 aliphatic carbocycles. The number of carbonyl (C=O) groups is 1. The highest BCUT2D eigenvalue weighted by atomic mass is 35.5. The van der Waals surface area contributed by atoms with E-state index in [1.165, 1.54) is 18.2 Å². The van der Waals surface area contributed by atoms with Crippen molar-refractivity contribution in [1.29, 1.82) is 0 Å². The maximum atomic E-state index is 13.0. The van der Waals surface area contributed by atoms with Gasteiger partial charge in [0.2, 0.25) is 5.91 Å². The van der Waals surface area contributed by atoms with Crippen LogP contribution in [0.2, 0.25) is 5.02 Å². The third kappa shape index (κ3) is 2.28. The molecule has 0 aliphatic heterocycles. The van der Waals surface area contributed by atoms with Gasteiger partial charge in [0.1, 0.15) is 5.82 Å². The number of amides is 1. The van der Waals surface area contributed by atoms with Crippen molar-refractivity contribution < 1.29 is 9.18 Å². The first-order valence-electron chi connectivity index (χ1n) is 5.54. The van der Waals surface area contributed by atoms with Crippen molar-refractivity contribution in [3.05, 3.63) is 29.0 Å². The first-order valence-corrected chi connectivity index (χ1v) is 5.92. The minimum Gasteiger partial charge on any atom is -0.329 e. The Morgan fingerprint density at radius 3 is 2.76 bits per heavy atom. The van der Waals surface area contributed by atoms with Gasteiger partial charge < -0.3 is 11.1 Å². The summed E-state index contributed by atoms with van der Waals surface area (Å²) in [5.74, 6) is -0.598. The summed E-state index contributed by atoms with van der Waals surface area (Å²) in [6.45, 7) is 0.311. The summed E-state index contributed by atoms with van der Waals surface area (Å²) < 4.78 is 13.0. The van der Waals surface area contributed by atoms with Crippen LogP contribution in [0.25, 0.3) is 0 Å². The Morgan fingerprint density at radius 1 is 1.53 bits per heavy atom. The summed E-state index contributed by atoms with van der Waals surface area (Å²) >= 11 is 5.88. The van der Waals surface area contributed by atoms with Crippen molar-refractivity contribution in [3.8, 4) is 0 Å². The molecule has 1 saturated carbocycles. The molecular formula is C12H14ClFN2O. The zero-order chi connectivity index (χ0) is 12.5. The van der Waals surface area contributed by atoms with Crippen LogP contribution in [-0.4, -0.2) is 12.5 Å². The second-order valence-corrected chi connectivity index (χ2v) is 4.82. The van der Waals surface area contributed by atoms with Crippen LogP contribution >= 0.6 is 11.6 Å². The standard InChI is InChI=1S/C12H14ClFN2O/c13-9-3-2-8(14)6-10(9)16-11(17)12(7-15)4-1-5-12/h2-3,6H,1,4-5,7,15H2,(H,16,17). The van der Waals surface area contributed by atoms with Crippen molar-refractivity contribution in [2.45, 2.75) is 19.3 Å².